The first-order valence-electron chi connectivity index (χ1n) is 10.3. The molecule has 0 radical (unpaired) electrons. The highest BCUT2D eigenvalue weighted by molar-refractivity contribution is 7.91. The molecular weight excluding hydrogens is 400 g/mol. The Bertz CT molecular complexity index is 1020. The molecule has 0 aliphatic carbocycles. The van der Waals surface area contributed by atoms with Crippen LogP contribution in [0.1, 0.15) is 38.7 Å². The van der Waals surface area contributed by atoms with Gasteiger partial charge in [0.25, 0.3) is 0 Å². The van der Waals surface area contributed by atoms with Gasteiger partial charge in [-0.3, -0.25) is 9.59 Å². The fourth-order valence-corrected chi connectivity index (χ4v) is 4.73. The first kappa shape index (κ1) is 22.0. The summed E-state index contributed by atoms with van der Waals surface area (Å²) in [5.74, 6) is 0.0450. The van der Waals surface area contributed by atoms with Crippen LogP contribution < -0.4 is 10.2 Å². The molecule has 7 heteroatoms. The van der Waals surface area contributed by atoms with Crippen molar-refractivity contribution in [1.29, 1.82) is 0 Å². The van der Waals surface area contributed by atoms with E-state index in [1.807, 2.05) is 17.0 Å². The molecule has 0 bridgehead atoms. The predicted molar refractivity (Wildman–Crippen MR) is 118 cm³/mol. The van der Waals surface area contributed by atoms with Crippen LogP contribution >= 0.6 is 0 Å². The lowest BCUT2D eigenvalue weighted by Gasteiger charge is -2.30. The minimum Gasteiger partial charge on any atom is -0.326 e. The third-order valence-electron chi connectivity index (χ3n) is 5.19. The minimum atomic E-state index is -3.49. The molecule has 1 aliphatic heterocycles. The zero-order valence-electron chi connectivity index (χ0n) is 17.4. The number of anilines is 2. The molecule has 0 saturated carbocycles. The van der Waals surface area contributed by atoms with Gasteiger partial charge in [0.2, 0.25) is 11.8 Å². The average molecular weight is 429 g/mol. The van der Waals surface area contributed by atoms with Crippen molar-refractivity contribution in [2.75, 3.05) is 22.5 Å². The van der Waals surface area contributed by atoms with Gasteiger partial charge in [0.15, 0.2) is 9.84 Å². The maximum atomic E-state index is 12.3. The van der Waals surface area contributed by atoms with E-state index in [0.29, 0.717) is 31.0 Å². The standard InChI is InChI=1S/C23H28N2O4S/c1-17(2)12-14-25-21-10-9-19(16-18(21)8-11-23(25)27)24-22(26)13-15-30(28,29)20-6-4-3-5-7-20/h3-7,9-10,16-17H,8,11-15H2,1-2H3,(H,24,26). The fraction of sp³-hybridized carbons (Fsp3) is 0.391. The van der Waals surface area contributed by atoms with Gasteiger partial charge in [-0.05, 0) is 54.7 Å². The van der Waals surface area contributed by atoms with Crippen LogP contribution in [0, 0.1) is 5.92 Å². The average Bonchev–Trinajstić information content (AvgIpc) is 2.72. The van der Waals surface area contributed by atoms with Crippen molar-refractivity contribution in [2.45, 2.75) is 44.4 Å². The second-order valence-corrected chi connectivity index (χ2v) is 10.1. The molecule has 2 aromatic carbocycles. The number of aryl methyl sites for hydroxylation is 1. The van der Waals surface area contributed by atoms with Gasteiger partial charge in [0, 0.05) is 30.8 Å². The number of amides is 2. The van der Waals surface area contributed by atoms with Crippen LogP contribution in [0.4, 0.5) is 11.4 Å². The molecular formula is C23H28N2O4S. The molecule has 2 aromatic rings. The van der Waals surface area contributed by atoms with Gasteiger partial charge in [0.1, 0.15) is 0 Å². The van der Waals surface area contributed by atoms with Gasteiger partial charge < -0.3 is 10.2 Å². The summed E-state index contributed by atoms with van der Waals surface area (Å²) < 4.78 is 24.7. The largest absolute Gasteiger partial charge is 0.326 e. The highest BCUT2D eigenvalue weighted by Crippen LogP contribution is 2.31. The molecule has 30 heavy (non-hydrogen) atoms. The lowest BCUT2D eigenvalue weighted by molar-refractivity contribution is -0.119. The first-order chi connectivity index (χ1) is 14.3. The van der Waals surface area contributed by atoms with Gasteiger partial charge in [-0.25, -0.2) is 8.42 Å². The van der Waals surface area contributed by atoms with E-state index in [4.69, 9.17) is 0 Å². The molecule has 0 spiro atoms. The zero-order valence-corrected chi connectivity index (χ0v) is 18.2. The van der Waals surface area contributed by atoms with E-state index in [-0.39, 0.29) is 28.9 Å². The topological polar surface area (TPSA) is 83.6 Å². The van der Waals surface area contributed by atoms with Crippen LogP contribution in [0.3, 0.4) is 0 Å². The predicted octanol–water partition coefficient (Wildman–Crippen LogP) is 3.81. The quantitative estimate of drug-likeness (QED) is 0.693. The Hall–Kier alpha value is -2.67. The Kier molecular flexibility index (Phi) is 6.92. The number of hydrogen-bond donors (Lipinski definition) is 1. The molecule has 2 amide bonds. The number of rotatable bonds is 8. The maximum Gasteiger partial charge on any atom is 0.227 e. The molecule has 1 N–H and O–H groups in total. The number of nitrogens with one attached hydrogen (secondary N) is 1. The lowest BCUT2D eigenvalue weighted by atomic mass is 9.99. The summed E-state index contributed by atoms with van der Waals surface area (Å²) in [6.07, 6.45) is 1.91. The summed E-state index contributed by atoms with van der Waals surface area (Å²) in [5.41, 5.74) is 2.54. The minimum absolute atomic E-state index is 0.118. The molecule has 0 saturated heterocycles. The Morgan fingerprint density at radius 2 is 1.83 bits per heavy atom. The summed E-state index contributed by atoms with van der Waals surface area (Å²) in [7, 11) is -3.49. The zero-order chi connectivity index (χ0) is 21.7. The molecule has 1 aliphatic rings. The Labute approximate surface area is 178 Å². The molecule has 0 unspecified atom stereocenters. The molecule has 160 valence electrons. The van der Waals surface area contributed by atoms with Crippen LogP contribution in [-0.4, -0.2) is 32.5 Å². The Morgan fingerprint density at radius 3 is 2.53 bits per heavy atom. The fourth-order valence-electron chi connectivity index (χ4n) is 3.47. The van der Waals surface area contributed by atoms with E-state index in [1.165, 1.54) is 12.1 Å². The number of carbonyl (C=O) groups excluding carboxylic acids is 2. The second kappa shape index (κ2) is 9.43. The number of sulfone groups is 1. The smallest absolute Gasteiger partial charge is 0.227 e. The van der Waals surface area contributed by atoms with E-state index in [1.54, 1.807) is 24.3 Å². The molecule has 0 fully saturated rings. The van der Waals surface area contributed by atoms with E-state index < -0.39 is 9.84 Å². The maximum absolute atomic E-state index is 12.3. The van der Waals surface area contributed by atoms with E-state index in [9.17, 15) is 18.0 Å². The summed E-state index contributed by atoms with van der Waals surface area (Å²) >= 11 is 0. The van der Waals surface area contributed by atoms with Crippen LogP contribution in [0.2, 0.25) is 0 Å². The Morgan fingerprint density at radius 1 is 1.10 bits per heavy atom. The van der Waals surface area contributed by atoms with E-state index in [2.05, 4.69) is 19.2 Å². The Balaban J connectivity index is 1.64. The van der Waals surface area contributed by atoms with Crippen LogP contribution in [0.15, 0.2) is 53.4 Å². The lowest BCUT2D eigenvalue weighted by Crippen LogP contribution is -2.36. The van der Waals surface area contributed by atoms with Crippen LogP contribution in [0.5, 0.6) is 0 Å². The van der Waals surface area contributed by atoms with Gasteiger partial charge in [-0.1, -0.05) is 32.0 Å². The van der Waals surface area contributed by atoms with Gasteiger partial charge in [-0.15, -0.1) is 0 Å². The number of hydrogen-bond acceptors (Lipinski definition) is 4. The third-order valence-corrected chi connectivity index (χ3v) is 6.93. The van der Waals surface area contributed by atoms with Crippen molar-refractivity contribution in [1.82, 2.24) is 0 Å². The SMILES string of the molecule is CC(C)CCN1C(=O)CCc2cc(NC(=O)CCS(=O)(=O)c3ccccc3)ccc21. The normalized spacial score (nSPS) is 14.0. The highest BCUT2D eigenvalue weighted by Gasteiger charge is 2.24. The summed E-state index contributed by atoms with van der Waals surface area (Å²) in [6.45, 7) is 4.95. The first-order valence-corrected chi connectivity index (χ1v) is 11.9. The molecule has 3 rings (SSSR count). The molecule has 0 atom stereocenters. The molecule has 1 heterocycles. The van der Waals surface area contributed by atoms with Crippen molar-refractivity contribution in [3.63, 3.8) is 0 Å². The van der Waals surface area contributed by atoms with E-state index in [0.717, 1.165) is 17.7 Å². The summed E-state index contributed by atoms with van der Waals surface area (Å²) in [5, 5.41) is 2.79. The van der Waals surface area contributed by atoms with Crippen molar-refractivity contribution in [2.24, 2.45) is 5.92 Å². The number of benzene rings is 2. The van der Waals surface area contributed by atoms with Crippen molar-refractivity contribution >= 4 is 33.0 Å². The van der Waals surface area contributed by atoms with Crippen molar-refractivity contribution < 1.29 is 18.0 Å². The summed E-state index contributed by atoms with van der Waals surface area (Å²) in [6, 6.07) is 13.6. The number of nitrogens with zero attached hydrogens (tertiary/aromatic N) is 1. The number of fused-ring (bicyclic) bond motifs is 1. The van der Waals surface area contributed by atoms with E-state index >= 15 is 0 Å². The number of carbonyl (C=O) groups is 2. The highest BCUT2D eigenvalue weighted by atomic mass is 32.2. The van der Waals surface area contributed by atoms with Crippen molar-refractivity contribution in [3.8, 4) is 0 Å². The second-order valence-electron chi connectivity index (χ2n) is 8.00. The molecule has 0 aromatic heterocycles. The van der Waals surface area contributed by atoms with Crippen LogP contribution in [0.25, 0.3) is 0 Å². The molecule has 6 nitrogen and oxygen atoms in total. The van der Waals surface area contributed by atoms with Crippen molar-refractivity contribution in [3.05, 3.63) is 54.1 Å². The summed E-state index contributed by atoms with van der Waals surface area (Å²) in [4.78, 5) is 26.7. The van der Waals surface area contributed by atoms with Gasteiger partial charge >= 0.3 is 0 Å². The third kappa shape index (κ3) is 5.48. The van der Waals surface area contributed by atoms with Gasteiger partial charge in [0.05, 0.1) is 10.6 Å². The van der Waals surface area contributed by atoms with Crippen LogP contribution in [-0.2, 0) is 25.8 Å². The van der Waals surface area contributed by atoms with Gasteiger partial charge in [-0.2, -0.15) is 0 Å². The monoisotopic (exact) mass is 428 g/mol.